The van der Waals surface area contributed by atoms with Crippen LogP contribution in [0, 0.1) is 17.8 Å². The minimum atomic E-state index is -0.893. The zero-order valence-electron chi connectivity index (χ0n) is 20.3. The van der Waals surface area contributed by atoms with Gasteiger partial charge < -0.3 is 23.5 Å². The molecule has 6 nitrogen and oxygen atoms in total. The van der Waals surface area contributed by atoms with Crippen LogP contribution < -0.4 is 0 Å². The molecule has 3 rings (SSSR count). The predicted octanol–water partition coefficient (Wildman–Crippen LogP) is 4.62. The third kappa shape index (κ3) is 7.10. The molecule has 31 heavy (non-hydrogen) atoms. The molecule has 2 unspecified atom stereocenters. The quantitative estimate of drug-likeness (QED) is 0.379. The summed E-state index contributed by atoms with van der Waals surface area (Å²) in [6, 6.07) is 0. The molecule has 1 radical (unpaired) electrons. The molecule has 3 fully saturated rings. The van der Waals surface area contributed by atoms with Crippen molar-refractivity contribution in [2.45, 2.75) is 115 Å². The maximum Gasteiger partial charge on any atom is 0.306 e. The van der Waals surface area contributed by atoms with E-state index in [4.69, 9.17) is 24.8 Å². The Morgan fingerprint density at radius 1 is 1.26 bits per heavy atom. The minimum absolute atomic E-state index is 0.0173. The lowest BCUT2D eigenvalue weighted by Gasteiger charge is -2.51. The van der Waals surface area contributed by atoms with Crippen LogP contribution in [-0.4, -0.2) is 56.3 Å². The summed E-state index contributed by atoms with van der Waals surface area (Å²) in [6.45, 7) is 7.60. The van der Waals surface area contributed by atoms with E-state index >= 15 is 0 Å². The van der Waals surface area contributed by atoms with Crippen molar-refractivity contribution in [2.75, 3.05) is 6.61 Å². The van der Waals surface area contributed by atoms with Gasteiger partial charge >= 0.3 is 5.97 Å². The molecule has 2 aliphatic heterocycles. The summed E-state index contributed by atoms with van der Waals surface area (Å²) in [6.07, 6.45) is 8.35. The van der Waals surface area contributed by atoms with Crippen molar-refractivity contribution in [3.63, 3.8) is 0 Å². The first kappa shape index (κ1) is 23.9. The van der Waals surface area contributed by atoms with Crippen LogP contribution in [0.4, 0.5) is 0 Å². The zero-order chi connectivity index (χ0) is 23.1. The van der Waals surface area contributed by atoms with E-state index in [9.17, 15) is 4.79 Å². The Balaban J connectivity index is 1.56. The molecule has 8 heteroatoms. The predicted molar refractivity (Wildman–Crippen MR) is 123 cm³/mol. The van der Waals surface area contributed by atoms with Crippen LogP contribution in [0.25, 0.3) is 0 Å². The second kappa shape index (κ2) is 11.7. The second-order valence-electron chi connectivity index (χ2n) is 10.1. The van der Waals surface area contributed by atoms with Crippen molar-refractivity contribution in [3.05, 3.63) is 0 Å². The molecule has 7 atom stereocenters. The smallest absolute Gasteiger partial charge is 0.306 e. The first-order chi connectivity index (χ1) is 15.3. The van der Waals surface area contributed by atoms with E-state index in [2.05, 4.69) is 20.8 Å². The molecular formula is C23H40BO6S. The van der Waals surface area contributed by atoms with Gasteiger partial charge in [-0.05, 0) is 51.7 Å². The standard InChI is InChI=1S/C23H40BO6S/c1-15(2)21-8-7-16(3)14-23(21)27-10-9-19(29-23)11-17-5-4-6-18(28-17)12-20(30-31-24)13-22(25)26/h15-21,24H,4-14H2,1-3H3,(H,25,26)/t16-,17-,18+,19+,20+,21?,23?/m1/s1/i24T. The van der Waals surface area contributed by atoms with Crippen molar-refractivity contribution in [3.8, 4) is 0 Å². The van der Waals surface area contributed by atoms with E-state index in [1.165, 1.54) is 6.42 Å². The topological polar surface area (TPSA) is 74.2 Å². The molecule has 3 aliphatic rings. The highest BCUT2D eigenvalue weighted by Crippen LogP contribution is 2.47. The first-order valence-electron chi connectivity index (χ1n) is 12.6. The molecule has 1 spiro atoms. The Morgan fingerprint density at radius 3 is 2.81 bits per heavy atom. The number of hydrogen-bond donors (Lipinski definition) is 1. The van der Waals surface area contributed by atoms with Crippen LogP contribution in [0.1, 0.15) is 85.0 Å². The largest absolute Gasteiger partial charge is 0.481 e. The van der Waals surface area contributed by atoms with Gasteiger partial charge in [-0.3, -0.25) is 4.79 Å². The molecule has 0 aromatic carbocycles. The second-order valence-corrected chi connectivity index (χ2v) is 10.5. The van der Waals surface area contributed by atoms with Crippen LogP contribution in [-0.2, 0) is 23.2 Å². The van der Waals surface area contributed by atoms with Crippen molar-refractivity contribution < 1.29 is 28.3 Å². The summed E-state index contributed by atoms with van der Waals surface area (Å²) in [4.78, 5) is 11.2. The van der Waals surface area contributed by atoms with Crippen molar-refractivity contribution in [1.29, 1.82) is 1.34 Å². The molecule has 2 heterocycles. The van der Waals surface area contributed by atoms with Gasteiger partial charge in [0.2, 0.25) is 7.09 Å². The highest BCUT2D eigenvalue weighted by Gasteiger charge is 2.50. The number of aliphatic carboxylic acids is 1. The third-order valence-corrected chi connectivity index (χ3v) is 7.59. The van der Waals surface area contributed by atoms with E-state index < -0.39 is 17.9 Å². The monoisotopic (exact) mass is 457 g/mol. The van der Waals surface area contributed by atoms with Crippen LogP contribution >= 0.6 is 11.9 Å². The summed E-state index contributed by atoms with van der Waals surface area (Å²) in [5.41, 5.74) is 0. The van der Waals surface area contributed by atoms with E-state index in [1.807, 2.05) is 0 Å². The summed E-state index contributed by atoms with van der Waals surface area (Å²) in [5, 5.41) is 9.17. The third-order valence-electron chi connectivity index (χ3n) is 7.21. The molecule has 1 aliphatic carbocycles. The average Bonchev–Trinajstić information content (AvgIpc) is 2.71. The fourth-order valence-electron chi connectivity index (χ4n) is 5.81. The maximum absolute atomic E-state index is 11.2. The normalized spacial score (nSPS) is 38.1. The van der Waals surface area contributed by atoms with Crippen LogP contribution in [0.2, 0.25) is 0 Å². The van der Waals surface area contributed by atoms with Crippen molar-refractivity contribution >= 4 is 25.0 Å². The zero-order valence-corrected chi connectivity index (χ0v) is 20.1. The lowest BCUT2D eigenvalue weighted by Crippen LogP contribution is -2.55. The Bertz CT molecular complexity index is 599. The van der Waals surface area contributed by atoms with E-state index in [1.54, 1.807) is 0 Å². The molecule has 1 saturated carbocycles. The van der Waals surface area contributed by atoms with Crippen LogP contribution in [0.15, 0.2) is 0 Å². The number of carboxylic acid groups (broad SMARTS) is 1. The summed E-state index contributed by atoms with van der Waals surface area (Å²) < 4.78 is 32.1. The molecular weight excluding hydrogens is 415 g/mol. The first-order valence-corrected chi connectivity index (χ1v) is 12.8. The van der Waals surface area contributed by atoms with Gasteiger partial charge in [-0.2, -0.15) is 0 Å². The Hall–Kier alpha value is -0.275. The molecule has 0 bridgehead atoms. The number of carboxylic acids is 1. The van der Waals surface area contributed by atoms with Gasteiger partial charge in [-0.1, -0.05) is 39.1 Å². The fourth-order valence-corrected chi connectivity index (χ4v) is 6.12. The lowest BCUT2D eigenvalue weighted by atomic mass is 9.72. The van der Waals surface area contributed by atoms with E-state index in [0.29, 0.717) is 24.2 Å². The van der Waals surface area contributed by atoms with E-state index in [-0.39, 0.29) is 24.7 Å². The van der Waals surface area contributed by atoms with Gasteiger partial charge in [-0.25, -0.2) is 0 Å². The van der Waals surface area contributed by atoms with Crippen molar-refractivity contribution in [2.24, 2.45) is 17.8 Å². The Labute approximate surface area is 194 Å². The molecule has 1 N–H and O–H groups in total. The fraction of sp³-hybridized carbons (Fsp3) is 0.957. The van der Waals surface area contributed by atoms with Crippen LogP contribution in [0.3, 0.4) is 0 Å². The SMILES string of the molecule is [3H][B]SO[C@H](CC(=O)O)C[C@@H]1CCC[C@H](C[C@@H]2CCOC3(C[C@H](C)CCC3C(C)C)O2)O1. The Kier molecular flexibility index (Phi) is 9.03. The van der Waals surface area contributed by atoms with Gasteiger partial charge in [0.1, 0.15) is 0 Å². The number of hydrogen-bond acceptors (Lipinski definition) is 6. The number of carbonyl (C=O) groups is 1. The Morgan fingerprint density at radius 2 is 2.06 bits per heavy atom. The molecule has 0 aromatic rings. The highest BCUT2D eigenvalue weighted by molar-refractivity contribution is 8.15. The van der Waals surface area contributed by atoms with Gasteiger partial charge in [0.05, 0.1) is 37.4 Å². The molecule has 177 valence electrons. The van der Waals surface area contributed by atoms with Gasteiger partial charge in [0.15, 0.2) is 5.79 Å². The minimum Gasteiger partial charge on any atom is -0.481 e. The van der Waals surface area contributed by atoms with Gasteiger partial charge in [0.25, 0.3) is 0 Å². The van der Waals surface area contributed by atoms with Crippen molar-refractivity contribution in [1.82, 2.24) is 0 Å². The summed E-state index contributed by atoms with van der Waals surface area (Å²) in [7, 11) is 1.08. The molecule has 0 aromatic heterocycles. The maximum atomic E-state index is 11.2. The van der Waals surface area contributed by atoms with Gasteiger partial charge in [-0.15, -0.1) is 0 Å². The van der Waals surface area contributed by atoms with Crippen LogP contribution in [0.5, 0.6) is 0 Å². The number of rotatable bonds is 10. The molecule has 2 saturated heterocycles. The summed E-state index contributed by atoms with van der Waals surface area (Å²) >= 11 is 0.880. The lowest BCUT2D eigenvalue weighted by molar-refractivity contribution is -0.342. The average molecular weight is 457 g/mol. The summed E-state index contributed by atoms with van der Waals surface area (Å²) in [5.74, 6) is 0.232. The number of ether oxygens (including phenoxy) is 3. The molecule has 0 amide bonds. The van der Waals surface area contributed by atoms with Gasteiger partial charge in [0, 0.05) is 18.8 Å². The highest BCUT2D eigenvalue weighted by atomic mass is 32.2. The van der Waals surface area contributed by atoms with E-state index in [0.717, 1.165) is 70.5 Å².